The molecule has 0 fully saturated rings. The van der Waals surface area contributed by atoms with E-state index in [-0.39, 0.29) is 0 Å². The number of nitrogens with zero attached hydrogens (tertiary/aromatic N) is 4. The van der Waals surface area contributed by atoms with Gasteiger partial charge in [-0.25, -0.2) is 4.68 Å². The standard InChI is InChI=1S/C14H15N5/c1-19-14(16-17-18-19)12-8-5-3-2-4-6-10-13(15)11-7-9-12/h2-11H,15H2,1H3/b3-2-,4-2?,5-3?,6-4-,8-5-,9-7?,10-6?,11-7-,12-8?,12-9+,13-10+,13-11?. The fourth-order valence-electron chi connectivity index (χ4n) is 1.52. The third kappa shape index (κ3) is 3.64. The molecule has 0 unspecified atom stereocenters. The monoisotopic (exact) mass is 253 g/mol. The van der Waals surface area contributed by atoms with Gasteiger partial charge in [0.15, 0.2) is 5.82 Å². The van der Waals surface area contributed by atoms with E-state index < -0.39 is 0 Å². The number of rotatable bonds is 1. The van der Waals surface area contributed by atoms with E-state index in [4.69, 9.17) is 5.73 Å². The molecule has 1 aromatic rings. The van der Waals surface area contributed by atoms with E-state index >= 15 is 0 Å². The molecular formula is C14H15N5. The fraction of sp³-hybridized carbons (Fsp3) is 0.0714. The van der Waals surface area contributed by atoms with Crippen molar-refractivity contribution < 1.29 is 0 Å². The Bertz CT molecular complexity index is 612. The number of hydrogen-bond donors (Lipinski definition) is 1. The molecule has 0 aromatic carbocycles. The van der Waals surface area contributed by atoms with Gasteiger partial charge in [-0.1, -0.05) is 48.6 Å². The number of aromatic nitrogens is 4. The molecule has 0 amide bonds. The van der Waals surface area contributed by atoms with Crippen LogP contribution in [0.5, 0.6) is 0 Å². The van der Waals surface area contributed by atoms with Gasteiger partial charge >= 0.3 is 0 Å². The van der Waals surface area contributed by atoms with Crippen molar-refractivity contribution in [2.24, 2.45) is 12.8 Å². The molecule has 1 aromatic heterocycles. The number of nitrogens with two attached hydrogens (primary N) is 1. The lowest BCUT2D eigenvalue weighted by molar-refractivity contribution is 0.705. The van der Waals surface area contributed by atoms with Crippen molar-refractivity contribution in [3.63, 3.8) is 0 Å². The first-order chi connectivity index (χ1) is 9.27. The van der Waals surface area contributed by atoms with E-state index in [1.165, 1.54) is 0 Å². The van der Waals surface area contributed by atoms with E-state index in [1.807, 2.05) is 60.8 Å². The molecule has 2 rings (SSSR count). The predicted octanol–water partition coefficient (Wildman–Crippen LogP) is 1.67. The lowest BCUT2D eigenvalue weighted by Gasteiger charge is -1.98. The topological polar surface area (TPSA) is 69.6 Å². The van der Waals surface area contributed by atoms with E-state index in [0.717, 1.165) is 5.57 Å². The van der Waals surface area contributed by atoms with Crippen LogP contribution in [0.25, 0.3) is 5.57 Å². The molecule has 0 aliphatic heterocycles. The van der Waals surface area contributed by atoms with Crippen LogP contribution in [-0.2, 0) is 7.05 Å². The van der Waals surface area contributed by atoms with Crippen molar-refractivity contribution in [3.05, 3.63) is 72.3 Å². The molecule has 96 valence electrons. The highest BCUT2D eigenvalue weighted by atomic mass is 15.5. The van der Waals surface area contributed by atoms with Crippen LogP contribution in [0.3, 0.4) is 0 Å². The first-order valence-corrected chi connectivity index (χ1v) is 5.85. The maximum absolute atomic E-state index is 5.81. The van der Waals surface area contributed by atoms with Crippen molar-refractivity contribution >= 4 is 5.57 Å². The normalized spacial score (nSPS) is 27.8. The summed E-state index contributed by atoms with van der Waals surface area (Å²) in [5.74, 6) is 0.699. The Hall–Kier alpha value is -2.69. The second-order valence-corrected chi connectivity index (χ2v) is 3.90. The van der Waals surface area contributed by atoms with Gasteiger partial charge < -0.3 is 5.73 Å². The van der Waals surface area contributed by atoms with Crippen molar-refractivity contribution in [3.8, 4) is 0 Å². The average molecular weight is 253 g/mol. The Morgan fingerprint density at radius 2 is 1.74 bits per heavy atom. The Balaban J connectivity index is 2.38. The summed E-state index contributed by atoms with van der Waals surface area (Å²) >= 11 is 0. The highest BCUT2D eigenvalue weighted by Crippen LogP contribution is 2.12. The Morgan fingerprint density at radius 1 is 0.947 bits per heavy atom. The summed E-state index contributed by atoms with van der Waals surface area (Å²) in [6.07, 6.45) is 19.0. The highest BCUT2D eigenvalue weighted by Gasteiger charge is 2.04. The quantitative estimate of drug-likeness (QED) is 0.826. The second-order valence-electron chi connectivity index (χ2n) is 3.90. The van der Waals surface area contributed by atoms with Crippen LogP contribution in [0.4, 0.5) is 0 Å². The SMILES string of the molecule is Cn1nnnc1C1=C/C=C\C(N)=C/C=C\C=C/C=C\1. The molecule has 0 saturated carbocycles. The summed E-state index contributed by atoms with van der Waals surface area (Å²) in [5, 5.41) is 11.5. The van der Waals surface area contributed by atoms with Crippen LogP contribution in [0.1, 0.15) is 5.82 Å². The van der Waals surface area contributed by atoms with E-state index in [9.17, 15) is 0 Å². The van der Waals surface area contributed by atoms with Gasteiger partial charge in [0, 0.05) is 18.3 Å². The van der Waals surface area contributed by atoms with Gasteiger partial charge in [0.2, 0.25) is 0 Å². The lowest BCUT2D eigenvalue weighted by atomic mass is 10.2. The Morgan fingerprint density at radius 3 is 2.53 bits per heavy atom. The third-order valence-corrected chi connectivity index (χ3v) is 2.45. The smallest absolute Gasteiger partial charge is 0.181 e. The van der Waals surface area contributed by atoms with Crippen LogP contribution in [0.2, 0.25) is 0 Å². The minimum atomic E-state index is 0.681. The summed E-state index contributed by atoms with van der Waals surface area (Å²) in [6, 6.07) is 0. The van der Waals surface area contributed by atoms with Gasteiger partial charge in [-0.3, -0.25) is 0 Å². The zero-order chi connectivity index (χ0) is 13.5. The summed E-state index contributed by atoms with van der Waals surface area (Å²) < 4.78 is 1.62. The minimum Gasteiger partial charge on any atom is -0.399 e. The molecule has 0 radical (unpaired) electrons. The van der Waals surface area contributed by atoms with Crippen molar-refractivity contribution in [2.75, 3.05) is 0 Å². The van der Waals surface area contributed by atoms with Gasteiger partial charge in [-0.15, -0.1) is 5.10 Å². The van der Waals surface area contributed by atoms with Crippen LogP contribution < -0.4 is 5.73 Å². The van der Waals surface area contributed by atoms with Crippen molar-refractivity contribution in [1.82, 2.24) is 20.2 Å². The first kappa shape index (κ1) is 12.8. The molecule has 5 heteroatoms. The van der Waals surface area contributed by atoms with Crippen LogP contribution in [0.15, 0.2) is 66.5 Å². The molecule has 1 heterocycles. The van der Waals surface area contributed by atoms with Crippen molar-refractivity contribution in [2.45, 2.75) is 0 Å². The lowest BCUT2D eigenvalue weighted by Crippen LogP contribution is -1.97. The number of aryl methyl sites for hydroxylation is 1. The molecule has 2 N–H and O–H groups in total. The van der Waals surface area contributed by atoms with Crippen LogP contribution >= 0.6 is 0 Å². The first-order valence-electron chi connectivity index (χ1n) is 5.85. The molecule has 1 aliphatic rings. The number of hydrogen-bond acceptors (Lipinski definition) is 4. The molecule has 5 nitrogen and oxygen atoms in total. The average Bonchev–Trinajstić information content (AvgIpc) is 2.80. The number of allylic oxidation sites excluding steroid dienone is 11. The summed E-state index contributed by atoms with van der Waals surface area (Å²) in [6.45, 7) is 0. The third-order valence-electron chi connectivity index (χ3n) is 2.45. The van der Waals surface area contributed by atoms with E-state index in [2.05, 4.69) is 15.5 Å². The minimum absolute atomic E-state index is 0.681. The van der Waals surface area contributed by atoms with Gasteiger partial charge in [0.1, 0.15) is 0 Å². The predicted molar refractivity (Wildman–Crippen MR) is 75.6 cm³/mol. The van der Waals surface area contributed by atoms with Gasteiger partial charge in [0.05, 0.1) is 0 Å². The second kappa shape index (κ2) is 6.30. The van der Waals surface area contributed by atoms with Gasteiger partial charge in [-0.05, 0) is 22.6 Å². The maximum atomic E-state index is 5.81. The Kier molecular flexibility index (Phi) is 4.23. The molecule has 0 atom stereocenters. The molecule has 1 aliphatic carbocycles. The van der Waals surface area contributed by atoms with Crippen molar-refractivity contribution in [1.29, 1.82) is 0 Å². The fourth-order valence-corrected chi connectivity index (χ4v) is 1.52. The summed E-state index contributed by atoms with van der Waals surface area (Å²) in [4.78, 5) is 0. The molecular weight excluding hydrogens is 238 g/mol. The zero-order valence-corrected chi connectivity index (χ0v) is 10.6. The molecule has 0 saturated heterocycles. The van der Waals surface area contributed by atoms with Gasteiger partial charge in [-0.2, -0.15) is 0 Å². The zero-order valence-electron chi connectivity index (χ0n) is 10.6. The maximum Gasteiger partial charge on any atom is 0.181 e. The van der Waals surface area contributed by atoms with Gasteiger partial charge in [0.25, 0.3) is 0 Å². The van der Waals surface area contributed by atoms with E-state index in [0.29, 0.717) is 11.5 Å². The van der Waals surface area contributed by atoms with Crippen LogP contribution in [-0.4, -0.2) is 20.2 Å². The summed E-state index contributed by atoms with van der Waals surface area (Å²) in [5.41, 5.74) is 7.40. The Labute approximate surface area is 111 Å². The highest BCUT2D eigenvalue weighted by molar-refractivity contribution is 5.71. The van der Waals surface area contributed by atoms with E-state index in [1.54, 1.807) is 11.7 Å². The molecule has 0 bridgehead atoms. The van der Waals surface area contributed by atoms with Crippen LogP contribution in [0, 0.1) is 0 Å². The number of tetrazole rings is 1. The largest absolute Gasteiger partial charge is 0.399 e. The molecule has 0 spiro atoms. The summed E-state index contributed by atoms with van der Waals surface area (Å²) in [7, 11) is 1.80. The molecule has 19 heavy (non-hydrogen) atoms.